The highest BCUT2D eigenvalue weighted by molar-refractivity contribution is 5.82. The molecule has 4 heteroatoms. The van der Waals surface area contributed by atoms with Gasteiger partial charge in [0.2, 0.25) is 5.91 Å². The van der Waals surface area contributed by atoms with Gasteiger partial charge in [-0.05, 0) is 25.2 Å². The number of carbonyl (C=O) groups excluding carboxylic acids is 1. The van der Waals surface area contributed by atoms with Gasteiger partial charge in [-0.25, -0.2) is 4.98 Å². The second-order valence-electron chi connectivity index (χ2n) is 5.69. The number of hydrogen-bond acceptors (Lipinski definition) is 2. The van der Waals surface area contributed by atoms with Crippen LogP contribution >= 0.6 is 0 Å². The van der Waals surface area contributed by atoms with Crippen LogP contribution in [0.1, 0.15) is 50.1 Å². The zero-order chi connectivity index (χ0) is 12.4. The van der Waals surface area contributed by atoms with E-state index in [-0.39, 0.29) is 11.8 Å². The Kier molecular flexibility index (Phi) is 3.35. The summed E-state index contributed by atoms with van der Waals surface area (Å²) in [5, 5.41) is 3.13. The zero-order valence-corrected chi connectivity index (χ0v) is 10.7. The predicted octanol–water partition coefficient (Wildman–Crippen LogP) is 2.21. The first-order valence-corrected chi connectivity index (χ1v) is 7.11. The molecule has 2 N–H and O–H groups in total. The molecular formula is C14H21N3O. The lowest BCUT2D eigenvalue weighted by atomic mass is 9.89. The minimum absolute atomic E-state index is 0.164. The summed E-state index contributed by atoms with van der Waals surface area (Å²) in [6.45, 7) is 0.878. The number of amides is 1. The van der Waals surface area contributed by atoms with Crippen LogP contribution in [-0.2, 0) is 4.79 Å². The van der Waals surface area contributed by atoms with E-state index in [9.17, 15) is 4.79 Å². The summed E-state index contributed by atoms with van der Waals surface area (Å²) >= 11 is 0. The Morgan fingerprint density at radius 1 is 1.39 bits per heavy atom. The average Bonchev–Trinajstić information content (AvgIpc) is 3.03. The minimum atomic E-state index is 0.164. The van der Waals surface area contributed by atoms with E-state index in [1.165, 1.54) is 32.1 Å². The van der Waals surface area contributed by atoms with Crippen LogP contribution in [0.3, 0.4) is 0 Å². The van der Waals surface area contributed by atoms with Gasteiger partial charge in [-0.15, -0.1) is 0 Å². The van der Waals surface area contributed by atoms with Gasteiger partial charge in [-0.3, -0.25) is 4.79 Å². The molecule has 2 aliphatic rings. The second-order valence-corrected chi connectivity index (χ2v) is 5.69. The monoisotopic (exact) mass is 247 g/mol. The van der Waals surface area contributed by atoms with Crippen LogP contribution in [0.25, 0.3) is 0 Å². The van der Waals surface area contributed by atoms with Crippen molar-refractivity contribution < 1.29 is 4.79 Å². The lowest BCUT2D eigenvalue weighted by molar-refractivity contribution is -0.122. The van der Waals surface area contributed by atoms with Crippen LogP contribution in [0.4, 0.5) is 0 Å². The summed E-state index contributed by atoms with van der Waals surface area (Å²) in [7, 11) is 0. The Morgan fingerprint density at radius 2 is 2.22 bits per heavy atom. The van der Waals surface area contributed by atoms with Gasteiger partial charge < -0.3 is 10.3 Å². The van der Waals surface area contributed by atoms with E-state index in [2.05, 4.69) is 15.3 Å². The molecule has 1 heterocycles. The van der Waals surface area contributed by atoms with Crippen LogP contribution < -0.4 is 5.32 Å². The molecule has 0 aliphatic heterocycles. The summed E-state index contributed by atoms with van der Waals surface area (Å²) in [5.74, 6) is 1.46. The van der Waals surface area contributed by atoms with Gasteiger partial charge in [0.25, 0.3) is 0 Å². The first-order valence-electron chi connectivity index (χ1n) is 7.11. The highest BCUT2D eigenvalue weighted by Gasteiger charge is 2.45. The largest absolute Gasteiger partial charge is 0.356 e. The van der Waals surface area contributed by atoms with Gasteiger partial charge in [0.15, 0.2) is 0 Å². The number of aromatic nitrogens is 2. The first kappa shape index (κ1) is 11.8. The third kappa shape index (κ3) is 2.57. The molecule has 2 aliphatic carbocycles. The van der Waals surface area contributed by atoms with Crippen LogP contribution in [0.2, 0.25) is 0 Å². The Hall–Kier alpha value is -1.32. The normalized spacial score (nSPS) is 28.0. The van der Waals surface area contributed by atoms with Crippen molar-refractivity contribution in [2.24, 2.45) is 11.8 Å². The van der Waals surface area contributed by atoms with Crippen molar-refractivity contribution in [1.29, 1.82) is 0 Å². The van der Waals surface area contributed by atoms with Crippen molar-refractivity contribution in [2.45, 2.75) is 44.4 Å². The molecule has 1 amide bonds. The summed E-state index contributed by atoms with van der Waals surface area (Å²) in [6, 6.07) is 0. The Balaban J connectivity index is 1.43. The SMILES string of the molecule is O=C(NCC1CCCCC1)[C@@H]1C[C@H]1c1c[nH]cn1. The number of imidazole rings is 1. The molecule has 0 saturated heterocycles. The number of nitrogens with one attached hydrogen (secondary N) is 2. The van der Waals surface area contributed by atoms with E-state index in [4.69, 9.17) is 0 Å². The molecule has 0 spiro atoms. The van der Waals surface area contributed by atoms with E-state index in [1.54, 1.807) is 6.33 Å². The van der Waals surface area contributed by atoms with Crippen molar-refractivity contribution in [3.05, 3.63) is 18.2 Å². The number of aromatic amines is 1. The molecule has 0 unspecified atom stereocenters. The molecule has 0 radical (unpaired) electrons. The van der Waals surface area contributed by atoms with Gasteiger partial charge in [-0.2, -0.15) is 0 Å². The zero-order valence-electron chi connectivity index (χ0n) is 10.7. The maximum Gasteiger partial charge on any atom is 0.223 e. The molecular weight excluding hydrogens is 226 g/mol. The molecule has 0 aromatic carbocycles. The van der Waals surface area contributed by atoms with Gasteiger partial charge in [0.05, 0.1) is 12.0 Å². The predicted molar refractivity (Wildman–Crippen MR) is 69.0 cm³/mol. The van der Waals surface area contributed by atoms with E-state index in [1.807, 2.05) is 6.20 Å². The lowest BCUT2D eigenvalue weighted by Crippen LogP contribution is -2.31. The number of carbonyl (C=O) groups is 1. The summed E-state index contributed by atoms with van der Waals surface area (Å²) in [6.07, 6.45) is 11.2. The summed E-state index contributed by atoms with van der Waals surface area (Å²) in [4.78, 5) is 19.2. The molecule has 1 aromatic heterocycles. The highest BCUT2D eigenvalue weighted by atomic mass is 16.2. The van der Waals surface area contributed by atoms with Crippen molar-refractivity contribution in [3.63, 3.8) is 0 Å². The highest BCUT2D eigenvalue weighted by Crippen LogP contribution is 2.46. The summed E-state index contributed by atoms with van der Waals surface area (Å²) in [5.41, 5.74) is 1.04. The lowest BCUT2D eigenvalue weighted by Gasteiger charge is -2.21. The Bertz CT molecular complexity index is 395. The number of hydrogen-bond donors (Lipinski definition) is 2. The van der Waals surface area contributed by atoms with E-state index >= 15 is 0 Å². The number of rotatable bonds is 4. The van der Waals surface area contributed by atoms with Gasteiger partial charge in [-0.1, -0.05) is 19.3 Å². The van der Waals surface area contributed by atoms with Crippen molar-refractivity contribution in [2.75, 3.05) is 6.54 Å². The molecule has 2 fully saturated rings. The molecule has 1 aromatic rings. The molecule has 0 bridgehead atoms. The molecule has 3 rings (SSSR count). The van der Waals surface area contributed by atoms with Gasteiger partial charge in [0, 0.05) is 24.6 Å². The fourth-order valence-corrected chi connectivity index (χ4v) is 3.05. The maximum atomic E-state index is 12.0. The quantitative estimate of drug-likeness (QED) is 0.857. The first-order chi connectivity index (χ1) is 8.84. The van der Waals surface area contributed by atoms with E-state index < -0.39 is 0 Å². The van der Waals surface area contributed by atoms with E-state index in [0.717, 1.165) is 18.7 Å². The minimum Gasteiger partial charge on any atom is -0.356 e. The van der Waals surface area contributed by atoms with Crippen LogP contribution in [0.15, 0.2) is 12.5 Å². The van der Waals surface area contributed by atoms with Crippen LogP contribution in [0, 0.1) is 11.8 Å². The molecule has 98 valence electrons. The van der Waals surface area contributed by atoms with Crippen molar-refractivity contribution in [1.82, 2.24) is 15.3 Å². The fourth-order valence-electron chi connectivity index (χ4n) is 3.05. The second kappa shape index (κ2) is 5.12. The van der Waals surface area contributed by atoms with Gasteiger partial charge in [0.1, 0.15) is 0 Å². The van der Waals surface area contributed by atoms with Crippen molar-refractivity contribution >= 4 is 5.91 Å². The number of nitrogens with zero attached hydrogens (tertiary/aromatic N) is 1. The topological polar surface area (TPSA) is 57.8 Å². The Morgan fingerprint density at radius 3 is 2.94 bits per heavy atom. The van der Waals surface area contributed by atoms with E-state index in [0.29, 0.717) is 11.8 Å². The van der Waals surface area contributed by atoms with Crippen molar-refractivity contribution in [3.8, 4) is 0 Å². The average molecular weight is 247 g/mol. The fraction of sp³-hybridized carbons (Fsp3) is 0.714. The smallest absolute Gasteiger partial charge is 0.223 e. The molecule has 2 saturated carbocycles. The van der Waals surface area contributed by atoms with Crippen LogP contribution in [-0.4, -0.2) is 22.4 Å². The standard InChI is InChI=1S/C14H21N3O/c18-14(16-7-10-4-2-1-3-5-10)12-6-11(12)13-8-15-9-17-13/h8-12H,1-7H2,(H,15,17)(H,16,18)/t11-,12-/m1/s1. The maximum absolute atomic E-state index is 12.0. The molecule has 18 heavy (non-hydrogen) atoms. The summed E-state index contributed by atoms with van der Waals surface area (Å²) < 4.78 is 0. The molecule has 4 nitrogen and oxygen atoms in total. The third-order valence-corrected chi connectivity index (χ3v) is 4.32. The van der Waals surface area contributed by atoms with Gasteiger partial charge >= 0.3 is 0 Å². The van der Waals surface area contributed by atoms with Crippen LogP contribution in [0.5, 0.6) is 0 Å². The Labute approximate surface area is 108 Å². The third-order valence-electron chi connectivity index (χ3n) is 4.32. The number of H-pyrrole nitrogens is 1. The molecule has 2 atom stereocenters.